The second-order valence-electron chi connectivity index (χ2n) is 33.3. The highest BCUT2D eigenvalue weighted by molar-refractivity contribution is 6.76. The summed E-state index contributed by atoms with van der Waals surface area (Å²) in [4.78, 5) is 0. The van der Waals surface area contributed by atoms with Gasteiger partial charge in [0.05, 0.1) is 56.4 Å². The minimum atomic E-state index is -2.62. The fraction of sp³-hybridized carbons (Fsp3) is 0.879. The Morgan fingerprint density at radius 1 is 0.547 bits per heavy atom. The van der Waals surface area contributed by atoms with Gasteiger partial charge in [0.1, 0.15) is 61.7 Å². The lowest BCUT2D eigenvalue weighted by Crippen LogP contribution is -2.60. The van der Waals surface area contributed by atoms with Crippen LogP contribution in [0.3, 0.4) is 0 Å². The van der Waals surface area contributed by atoms with Gasteiger partial charge in [-0.3, -0.25) is 0 Å². The molecule has 0 amide bonds. The molecule has 0 aliphatic carbocycles. The van der Waals surface area contributed by atoms with Crippen LogP contribution in [0.4, 0.5) is 0 Å². The van der Waals surface area contributed by atoms with E-state index in [2.05, 4.69) is 133 Å². The summed E-state index contributed by atoms with van der Waals surface area (Å²) in [6.07, 6.45) is -5.35. The van der Waals surface area contributed by atoms with Crippen LogP contribution in [0.25, 0.3) is 0 Å². The number of benzene rings is 1. The SMILES string of the molecule is C=C(CC[C@@H](O[Si](C)(C)C(C)(C)C)[C@H]1C[C@H]2OC(C)(C)O[C@H]2[C@H]([C@H]2OC(C)(C)O[C@@H]2CO[Si](C)(C)C(C)(C)C)O1)[C@@H](O[Si](C)(C)C(C)(C)C)[C@@H](OCOCC[Si](C)(C)C)[C@H]1C[C@H]2OC(C)(C)O[C@H]2[C@H]([C@H]2OC(C)(C)O[C@@H]2COCc2ccccc2)O1. The van der Waals surface area contributed by atoms with E-state index in [9.17, 15) is 0 Å². The number of fused-ring (bicyclic) bond motifs is 2. The average molecular weight is 1280 g/mol. The number of hydrogen-bond acceptors (Lipinski definition) is 16. The quantitative estimate of drug-likeness (QED) is 0.0374. The van der Waals surface area contributed by atoms with Crippen LogP contribution in [0.1, 0.15) is 149 Å². The van der Waals surface area contributed by atoms with Gasteiger partial charge in [0.15, 0.2) is 48.1 Å². The highest BCUT2D eigenvalue weighted by Gasteiger charge is 2.61. The Labute approximate surface area is 524 Å². The summed E-state index contributed by atoms with van der Waals surface area (Å²) >= 11 is 0. The normalized spacial score (nSPS) is 32.4. The van der Waals surface area contributed by atoms with Gasteiger partial charge in [-0.1, -0.05) is 119 Å². The van der Waals surface area contributed by atoms with Crippen molar-refractivity contribution in [1.29, 1.82) is 0 Å². The van der Waals surface area contributed by atoms with Crippen LogP contribution >= 0.6 is 0 Å². The molecule has 6 fully saturated rings. The van der Waals surface area contributed by atoms with Gasteiger partial charge in [-0.15, -0.1) is 0 Å². The van der Waals surface area contributed by atoms with Gasteiger partial charge in [0.2, 0.25) is 0 Å². The molecule has 0 aromatic heterocycles. The Hall–Kier alpha value is -0.812. The first-order valence-electron chi connectivity index (χ1n) is 32.4. The molecule has 0 spiro atoms. The minimum Gasteiger partial charge on any atom is -0.414 e. The zero-order valence-electron chi connectivity index (χ0n) is 58.4. The first-order valence-corrected chi connectivity index (χ1v) is 44.8. The second kappa shape index (κ2) is 26.9. The standard InChI is InChI=1S/C66H120O16Si4/c1-43(33-34-45(81-85(24,25)61(5,6)7)46-37-48-54(77-63(11,12)73-48)58(71-46)57-51(76-66(17,18)80-57)41-70-84(22,23)60(2,3)4)52(82-86(26,27)62(8,9)10)53(69-42-67-35-36-83(19,20)21)47-38-49-55(78-64(13,14)74-49)59(72-47)56-50(75-65(15,16)79-56)40-68-39-44-31-29-28-30-32-44/h28-32,45-59H,1,33-42H2,2-27H3/t45-,46-,47-,48-,49-,50-,51-,52-,53+,54-,55-,56+,57+,58-,59-/m1/s1. The fourth-order valence-electron chi connectivity index (χ4n) is 11.8. The van der Waals surface area contributed by atoms with E-state index in [1.807, 2.05) is 73.6 Å². The summed E-state index contributed by atoms with van der Waals surface area (Å²) < 4.78 is 112. The van der Waals surface area contributed by atoms with Gasteiger partial charge in [0, 0.05) is 27.5 Å². The predicted octanol–water partition coefficient (Wildman–Crippen LogP) is 14.4. The highest BCUT2D eigenvalue weighted by Crippen LogP contribution is 2.49. The molecule has 20 heteroatoms. The lowest BCUT2D eigenvalue weighted by Gasteiger charge is -2.47. The van der Waals surface area contributed by atoms with E-state index in [0.29, 0.717) is 45.5 Å². The molecular weight excluding hydrogens is 1160 g/mol. The lowest BCUT2D eigenvalue weighted by atomic mass is 9.87. The number of rotatable bonds is 26. The van der Waals surface area contributed by atoms with Crippen molar-refractivity contribution in [2.24, 2.45) is 0 Å². The maximum atomic E-state index is 7.75. The third-order valence-corrected chi connectivity index (χ3v) is 34.8. The lowest BCUT2D eigenvalue weighted by molar-refractivity contribution is -0.237. The molecule has 1 aromatic carbocycles. The molecule has 496 valence electrons. The minimum absolute atomic E-state index is 0.00671. The van der Waals surface area contributed by atoms with Crippen LogP contribution in [0, 0.1) is 0 Å². The van der Waals surface area contributed by atoms with Crippen LogP contribution in [0.15, 0.2) is 42.5 Å². The van der Waals surface area contributed by atoms with Gasteiger partial charge in [-0.25, -0.2) is 0 Å². The second-order valence-corrected chi connectivity index (χ2v) is 53.2. The largest absolute Gasteiger partial charge is 0.414 e. The van der Waals surface area contributed by atoms with Crippen LogP contribution < -0.4 is 0 Å². The Morgan fingerprint density at radius 2 is 1.00 bits per heavy atom. The Bertz CT molecular complexity index is 2360. The van der Waals surface area contributed by atoms with E-state index in [-0.39, 0.29) is 46.8 Å². The summed E-state index contributed by atoms with van der Waals surface area (Å²) in [5.74, 6) is -3.56. The maximum Gasteiger partial charge on any atom is 0.193 e. The average Bonchev–Trinajstić information content (AvgIpc) is 1.58. The number of hydrogen-bond donors (Lipinski definition) is 0. The van der Waals surface area contributed by atoms with Gasteiger partial charge >= 0.3 is 0 Å². The van der Waals surface area contributed by atoms with Crippen molar-refractivity contribution in [3.05, 3.63) is 48.0 Å². The molecule has 86 heavy (non-hydrogen) atoms. The van der Waals surface area contributed by atoms with Gasteiger partial charge in [-0.2, -0.15) is 0 Å². The van der Waals surface area contributed by atoms with E-state index >= 15 is 0 Å². The zero-order valence-corrected chi connectivity index (χ0v) is 62.4. The topological polar surface area (TPSA) is 148 Å². The molecule has 0 N–H and O–H groups in total. The molecule has 0 radical (unpaired) electrons. The van der Waals surface area contributed by atoms with Crippen molar-refractivity contribution in [2.75, 3.05) is 26.6 Å². The van der Waals surface area contributed by atoms with E-state index < -0.39 is 129 Å². The molecular formula is C66H120O16Si4. The van der Waals surface area contributed by atoms with Crippen molar-refractivity contribution in [1.82, 2.24) is 0 Å². The molecule has 1 aromatic rings. The van der Waals surface area contributed by atoms with Crippen molar-refractivity contribution in [2.45, 2.75) is 345 Å². The van der Waals surface area contributed by atoms with E-state index in [1.54, 1.807) is 0 Å². The molecule has 6 heterocycles. The van der Waals surface area contributed by atoms with Crippen LogP contribution in [-0.4, -0.2) is 174 Å². The van der Waals surface area contributed by atoms with E-state index in [0.717, 1.165) is 17.2 Å². The molecule has 0 unspecified atom stereocenters. The van der Waals surface area contributed by atoms with Gasteiger partial charge in [-0.05, 0) is 140 Å². The molecule has 6 aliphatic heterocycles. The van der Waals surface area contributed by atoms with Gasteiger partial charge < -0.3 is 74.9 Å². The van der Waals surface area contributed by atoms with E-state index in [4.69, 9.17) is 81.4 Å². The number of ether oxygens (including phenoxy) is 13. The van der Waals surface area contributed by atoms with Crippen LogP contribution in [0.5, 0.6) is 0 Å². The molecule has 6 saturated heterocycles. The molecule has 15 atom stereocenters. The first-order chi connectivity index (χ1) is 39.2. The molecule has 0 bridgehead atoms. The molecule has 16 nitrogen and oxygen atoms in total. The predicted molar refractivity (Wildman–Crippen MR) is 347 cm³/mol. The Balaban J connectivity index is 1.25. The van der Waals surface area contributed by atoms with E-state index in [1.165, 1.54) is 0 Å². The summed E-state index contributed by atoms with van der Waals surface area (Å²) in [6, 6.07) is 11.2. The maximum absolute atomic E-state index is 7.75. The highest BCUT2D eigenvalue weighted by atomic mass is 28.4. The summed E-state index contributed by atoms with van der Waals surface area (Å²) in [7, 11) is -8.71. The summed E-state index contributed by atoms with van der Waals surface area (Å²) in [6.45, 7) is 63.7. The van der Waals surface area contributed by atoms with Crippen molar-refractivity contribution >= 4 is 33.0 Å². The van der Waals surface area contributed by atoms with Crippen molar-refractivity contribution in [3.8, 4) is 0 Å². The summed E-state index contributed by atoms with van der Waals surface area (Å²) in [5, 5.41) is -0.281. The molecule has 0 saturated carbocycles. The molecule has 7 rings (SSSR count). The van der Waals surface area contributed by atoms with Crippen LogP contribution in [-0.2, 0) is 81.5 Å². The monoisotopic (exact) mass is 1280 g/mol. The third-order valence-electron chi connectivity index (χ3n) is 19.6. The van der Waals surface area contributed by atoms with Crippen molar-refractivity contribution < 1.29 is 74.9 Å². The zero-order chi connectivity index (χ0) is 64.2. The first kappa shape index (κ1) is 72.6. The smallest absolute Gasteiger partial charge is 0.193 e. The fourth-order valence-corrected chi connectivity index (χ4v) is 16.3. The van der Waals surface area contributed by atoms with Gasteiger partial charge in [0.25, 0.3) is 0 Å². The van der Waals surface area contributed by atoms with Crippen LogP contribution in [0.2, 0.25) is 80.1 Å². The Morgan fingerprint density at radius 3 is 1.50 bits per heavy atom. The Kier molecular flexibility index (Phi) is 22.7. The van der Waals surface area contributed by atoms with Crippen molar-refractivity contribution in [3.63, 3.8) is 0 Å². The summed E-state index contributed by atoms with van der Waals surface area (Å²) in [5.41, 5.74) is 1.94. The molecule has 6 aliphatic rings. The third kappa shape index (κ3) is 18.5.